The third-order valence-electron chi connectivity index (χ3n) is 2.40. The number of para-hydroxylation sites is 1. The molecule has 0 aliphatic heterocycles. The van der Waals surface area contributed by atoms with Gasteiger partial charge in [0.15, 0.2) is 0 Å². The number of carbonyl (C=O) groups is 1. The molecule has 7 heteroatoms. The van der Waals surface area contributed by atoms with Crippen LogP contribution < -0.4 is 4.74 Å². The van der Waals surface area contributed by atoms with Crippen molar-refractivity contribution in [3.63, 3.8) is 0 Å². The molecule has 0 radical (unpaired) electrons. The lowest BCUT2D eigenvalue weighted by molar-refractivity contribution is -0.137. The molecular formula is C12H14BrF2NO3. The molecular weight excluding hydrogens is 324 g/mol. The molecule has 1 aromatic rings. The first-order valence-electron chi connectivity index (χ1n) is 5.52. The number of rotatable bonds is 7. The highest BCUT2D eigenvalue weighted by Gasteiger charge is 2.14. The lowest BCUT2D eigenvalue weighted by Gasteiger charge is -2.18. The summed E-state index contributed by atoms with van der Waals surface area (Å²) in [5.74, 6) is -0.815. The molecule has 0 saturated heterocycles. The Kier molecular flexibility index (Phi) is 6.17. The van der Waals surface area contributed by atoms with Crippen molar-refractivity contribution >= 4 is 21.9 Å². The number of ether oxygens (including phenoxy) is 1. The average molecular weight is 338 g/mol. The molecule has 0 aliphatic carbocycles. The SMILES string of the molecule is CN(CCC(=O)O)Cc1cccc(Br)c1OC(F)F. The predicted octanol–water partition coefficient (Wildman–Crippen LogP) is 2.96. The van der Waals surface area contributed by atoms with Gasteiger partial charge in [-0.1, -0.05) is 12.1 Å². The number of carboxylic acids is 1. The van der Waals surface area contributed by atoms with Crippen LogP contribution in [0.4, 0.5) is 8.78 Å². The smallest absolute Gasteiger partial charge is 0.387 e. The molecule has 0 unspecified atom stereocenters. The summed E-state index contributed by atoms with van der Waals surface area (Å²) >= 11 is 3.16. The maximum Gasteiger partial charge on any atom is 0.387 e. The van der Waals surface area contributed by atoms with Gasteiger partial charge in [-0.15, -0.1) is 0 Å². The van der Waals surface area contributed by atoms with Crippen LogP contribution >= 0.6 is 15.9 Å². The Bertz CT molecular complexity index is 443. The zero-order valence-electron chi connectivity index (χ0n) is 10.3. The molecule has 0 atom stereocenters. The number of aliphatic carboxylic acids is 1. The van der Waals surface area contributed by atoms with Gasteiger partial charge >= 0.3 is 12.6 Å². The molecule has 0 bridgehead atoms. The zero-order valence-corrected chi connectivity index (χ0v) is 11.9. The average Bonchev–Trinajstić information content (AvgIpc) is 2.30. The van der Waals surface area contributed by atoms with E-state index in [1.807, 2.05) is 0 Å². The number of hydrogen-bond donors (Lipinski definition) is 1. The van der Waals surface area contributed by atoms with Gasteiger partial charge in [-0.25, -0.2) is 0 Å². The van der Waals surface area contributed by atoms with Crippen LogP contribution in [0, 0.1) is 0 Å². The maximum absolute atomic E-state index is 12.3. The highest BCUT2D eigenvalue weighted by molar-refractivity contribution is 9.10. The second kappa shape index (κ2) is 7.40. The van der Waals surface area contributed by atoms with Crippen LogP contribution in [0.1, 0.15) is 12.0 Å². The van der Waals surface area contributed by atoms with Gasteiger partial charge in [-0.2, -0.15) is 8.78 Å². The summed E-state index contributed by atoms with van der Waals surface area (Å²) in [4.78, 5) is 12.2. The third-order valence-corrected chi connectivity index (χ3v) is 3.03. The van der Waals surface area contributed by atoms with Gasteiger partial charge < -0.3 is 14.7 Å². The van der Waals surface area contributed by atoms with E-state index in [4.69, 9.17) is 5.11 Å². The van der Waals surface area contributed by atoms with Crippen molar-refractivity contribution in [2.75, 3.05) is 13.6 Å². The standard InChI is InChI=1S/C12H14BrF2NO3/c1-16(6-5-10(17)18)7-8-3-2-4-9(13)11(8)19-12(14)15/h2-4,12H,5-7H2,1H3,(H,17,18). The Hall–Kier alpha value is -1.21. The summed E-state index contributed by atoms with van der Waals surface area (Å²) in [6.07, 6.45) is -0.00442. The molecule has 4 nitrogen and oxygen atoms in total. The zero-order chi connectivity index (χ0) is 14.4. The van der Waals surface area contributed by atoms with Crippen LogP contribution in [0.2, 0.25) is 0 Å². The summed E-state index contributed by atoms with van der Waals surface area (Å²) < 4.78 is 29.6. The quantitative estimate of drug-likeness (QED) is 0.831. The van der Waals surface area contributed by atoms with Gasteiger partial charge in [0.1, 0.15) is 5.75 Å². The summed E-state index contributed by atoms with van der Waals surface area (Å²) in [5.41, 5.74) is 0.572. The molecule has 0 heterocycles. The van der Waals surface area contributed by atoms with Crippen molar-refractivity contribution in [1.82, 2.24) is 4.90 Å². The topological polar surface area (TPSA) is 49.8 Å². The fourth-order valence-corrected chi connectivity index (χ4v) is 2.06. The van der Waals surface area contributed by atoms with E-state index in [2.05, 4.69) is 20.7 Å². The van der Waals surface area contributed by atoms with E-state index in [9.17, 15) is 13.6 Å². The van der Waals surface area contributed by atoms with E-state index in [1.54, 1.807) is 30.1 Å². The molecule has 0 amide bonds. The minimum absolute atomic E-state index is 0.00442. The Labute approximate surface area is 118 Å². The van der Waals surface area contributed by atoms with Gasteiger partial charge in [0, 0.05) is 18.7 Å². The molecule has 19 heavy (non-hydrogen) atoms. The normalized spacial score (nSPS) is 11.1. The Morgan fingerprint density at radius 3 is 2.79 bits per heavy atom. The van der Waals surface area contributed by atoms with Crippen LogP contribution in [0.5, 0.6) is 5.75 Å². The molecule has 106 valence electrons. The van der Waals surface area contributed by atoms with E-state index in [0.717, 1.165) is 0 Å². The maximum atomic E-state index is 12.3. The fourth-order valence-electron chi connectivity index (χ4n) is 1.56. The molecule has 1 aromatic carbocycles. The Morgan fingerprint density at radius 2 is 2.21 bits per heavy atom. The van der Waals surface area contributed by atoms with Crippen LogP contribution in [-0.4, -0.2) is 36.2 Å². The lowest BCUT2D eigenvalue weighted by atomic mass is 10.2. The van der Waals surface area contributed by atoms with E-state index in [1.165, 1.54) is 0 Å². The van der Waals surface area contributed by atoms with Crippen LogP contribution in [0.15, 0.2) is 22.7 Å². The molecule has 0 fully saturated rings. The second-order valence-electron chi connectivity index (χ2n) is 3.99. The third kappa shape index (κ3) is 5.52. The van der Waals surface area contributed by atoms with E-state index in [-0.39, 0.29) is 12.2 Å². The molecule has 0 spiro atoms. The van der Waals surface area contributed by atoms with E-state index in [0.29, 0.717) is 23.1 Å². The van der Waals surface area contributed by atoms with Crippen LogP contribution in [0.25, 0.3) is 0 Å². The largest absolute Gasteiger partial charge is 0.481 e. The highest BCUT2D eigenvalue weighted by atomic mass is 79.9. The first kappa shape index (κ1) is 15.8. The number of carboxylic acid groups (broad SMARTS) is 1. The van der Waals surface area contributed by atoms with Crippen molar-refractivity contribution in [2.24, 2.45) is 0 Å². The second-order valence-corrected chi connectivity index (χ2v) is 4.84. The molecule has 0 saturated carbocycles. The van der Waals surface area contributed by atoms with Gasteiger partial charge in [0.25, 0.3) is 0 Å². The van der Waals surface area contributed by atoms with Gasteiger partial charge in [0.05, 0.1) is 10.9 Å². The van der Waals surface area contributed by atoms with Crippen molar-refractivity contribution in [1.29, 1.82) is 0 Å². The van der Waals surface area contributed by atoms with E-state index < -0.39 is 12.6 Å². The summed E-state index contributed by atoms with van der Waals surface area (Å²) in [7, 11) is 1.72. The molecule has 0 aromatic heterocycles. The van der Waals surface area contributed by atoms with Crippen LogP contribution in [0.3, 0.4) is 0 Å². The Morgan fingerprint density at radius 1 is 1.53 bits per heavy atom. The minimum Gasteiger partial charge on any atom is -0.481 e. The highest BCUT2D eigenvalue weighted by Crippen LogP contribution is 2.31. The minimum atomic E-state index is -2.90. The van der Waals surface area contributed by atoms with Crippen molar-refractivity contribution in [3.05, 3.63) is 28.2 Å². The summed E-state index contributed by atoms with van der Waals surface area (Å²) in [6, 6.07) is 4.99. The molecule has 0 aliphatic rings. The molecule has 1 rings (SSSR count). The lowest BCUT2D eigenvalue weighted by Crippen LogP contribution is -2.22. The number of nitrogens with zero attached hydrogens (tertiary/aromatic N) is 1. The van der Waals surface area contributed by atoms with Gasteiger partial charge in [0.2, 0.25) is 0 Å². The van der Waals surface area contributed by atoms with Crippen molar-refractivity contribution < 1.29 is 23.4 Å². The summed E-state index contributed by atoms with van der Waals surface area (Å²) in [6.45, 7) is -2.24. The van der Waals surface area contributed by atoms with Gasteiger partial charge in [-0.05, 0) is 29.0 Å². The van der Waals surface area contributed by atoms with Crippen molar-refractivity contribution in [2.45, 2.75) is 19.6 Å². The molecule has 1 N–H and O–H groups in total. The van der Waals surface area contributed by atoms with E-state index >= 15 is 0 Å². The van der Waals surface area contributed by atoms with Crippen molar-refractivity contribution in [3.8, 4) is 5.75 Å². The number of benzene rings is 1. The predicted molar refractivity (Wildman–Crippen MR) is 69.4 cm³/mol. The number of halogens is 3. The number of alkyl halides is 2. The first-order valence-corrected chi connectivity index (χ1v) is 6.32. The van der Waals surface area contributed by atoms with Crippen LogP contribution in [-0.2, 0) is 11.3 Å². The van der Waals surface area contributed by atoms with Gasteiger partial charge in [-0.3, -0.25) is 4.79 Å². The number of hydrogen-bond acceptors (Lipinski definition) is 3. The fraction of sp³-hybridized carbons (Fsp3) is 0.417. The monoisotopic (exact) mass is 337 g/mol. The Balaban J connectivity index is 2.76. The summed E-state index contributed by atoms with van der Waals surface area (Å²) in [5, 5.41) is 8.59. The first-order chi connectivity index (χ1) is 8.90.